The molecule has 1 heterocycles. The van der Waals surface area contributed by atoms with Crippen molar-refractivity contribution < 1.29 is 14.3 Å². The summed E-state index contributed by atoms with van der Waals surface area (Å²) in [5.74, 6) is 0.486. The number of rotatable bonds is 7. The third-order valence-corrected chi connectivity index (χ3v) is 4.45. The molecular formula is C22H22N2O3. The quantitative estimate of drug-likeness (QED) is 0.653. The fourth-order valence-corrected chi connectivity index (χ4v) is 2.91. The predicted molar refractivity (Wildman–Crippen MR) is 104 cm³/mol. The van der Waals surface area contributed by atoms with Crippen molar-refractivity contribution in [3.05, 3.63) is 89.7 Å². The van der Waals surface area contributed by atoms with Gasteiger partial charge in [0.15, 0.2) is 0 Å². The molecular weight excluding hydrogens is 340 g/mol. The molecule has 0 aliphatic heterocycles. The van der Waals surface area contributed by atoms with Gasteiger partial charge in [-0.15, -0.1) is 0 Å². The van der Waals surface area contributed by atoms with Gasteiger partial charge in [-0.25, -0.2) is 0 Å². The van der Waals surface area contributed by atoms with Gasteiger partial charge in [-0.05, 0) is 36.8 Å². The molecule has 0 aliphatic carbocycles. The summed E-state index contributed by atoms with van der Waals surface area (Å²) in [6, 6.07) is 19.6. The number of ether oxygens (including phenoxy) is 1. The summed E-state index contributed by atoms with van der Waals surface area (Å²) in [6.45, 7) is 2.17. The number of methoxy groups -OCH3 is 1. The first-order valence-corrected chi connectivity index (χ1v) is 8.77. The van der Waals surface area contributed by atoms with E-state index in [-0.39, 0.29) is 11.7 Å². The molecule has 138 valence electrons. The van der Waals surface area contributed by atoms with Crippen LogP contribution in [0.4, 0.5) is 0 Å². The number of nitrogens with one attached hydrogen (secondary N) is 1. The predicted octanol–water partition coefficient (Wildman–Crippen LogP) is 3.61. The van der Waals surface area contributed by atoms with E-state index in [1.165, 1.54) is 0 Å². The average molecular weight is 362 g/mol. The first-order valence-electron chi connectivity index (χ1n) is 8.77. The van der Waals surface area contributed by atoms with Crippen LogP contribution >= 0.6 is 0 Å². The van der Waals surface area contributed by atoms with Gasteiger partial charge >= 0.3 is 0 Å². The molecule has 3 aromatic rings. The van der Waals surface area contributed by atoms with Crippen molar-refractivity contribution in [3.8, 4) is 5.75 Å². The van der Waals surface area contributed by atoms with E-state index < -0.39 is 6.04 Å². The van der Waals surface area contributed by atoms with Crippen LogP contribution < -0.4 is 10.1 Å². The summed E-state index contributed by atoms with van der Waals surface area (Å²) in [7, 11) is 1.61. The number of ketones is 1. The fraction of sp³-hybridized carbons (Fsp3) is 0.182. The molecule has 0 radical (unpaired) electrons. The Kier molecular flexibility index (Phi) is 5.71. The summed E-state index contributed by atoms with van der Waals surface area (Å²) in [5.41, 5.74) is 2.04. The van der Waals surface area contributed by atoms with Crippen LogP contribution in [0.25, 0.3) is 0 Å². The summed E-state index contributed by atoms with van der Waals surface area (Å²) in [6.07, 6.45) is 1.76. The van der Waals surface area contributed by atoms with E-state index in [1.54, 1.807) is 49.1 Å². The monoisotopic (exact) mass is 362 g/mol. The maximum atomic E-state index is 12.7. The fourth-order valence-electron chi connectivity index (χ4n) is 2.91. The highest BCUT2D eigenvalue weighted by Gasteiger charge is 2.20. The van der Waals surface area contributed by atoms with Gasteiger partial charge < -0.3 is 14.6 Å². The second kappa shape index (κ2) is 8.36. The van der Waals surface area contributed by atoms with Gasteiger partial charge in [0.2, 0.25) is 11.7 Å². The molecule has 0 aliphatic rings. The van der Waals surface area contributed by atoms with Gasteiger partial charge in [0.25, 0.3) is 0 Å². The molecule has 1 aromatic heterocycles. The Morgan fingerprint density at radius 2 is 1.81 bits per heavy atom. The average Bonchev–Trinajstić information content (AvgIpc) is 3.21. The van der Waals surface area contributed by atoms with E-state index in [9.17, 15) is 9.59 Å². The lowest BCUT2D eigenvalue weighted by Crippen LogP contribution is -2.31. The van der Waals surface area contributed by atoms with Crippen molar-refractivity contribution in [2.45, 2.75) is 19.5 Å². The molecule has 0 unspecified atom stereocenters. The lowest BCUT2D eigenvalue weighted by Gasteiger charge is -2.17. The number of amides is 1. The highest BCUT2D eigenvalue weighted by atomic mass is 16.5. The maximum absolute atomic E-state index is 12.7. The number of carbonyl (C=O) groups is 2. The molecule has 5 nitrogen and oxygen atoms in total. The molecule has 2 aromatic carbocycles. The zero-order valence-corrected chi connectivity index (χ0v) is 15.4. The van der Waals surface area contributed by atoms with Crippen LogP contribution in [-0.4, -0.2) is 23.4 Å². The first-order chi connectivity index (χ1) is 13.1. The molecule has 1 amide bonds. The number of nitrogens with zero attached hydrogens (tertiary/aromatic N) is 1. The lowest BCUT2D eigenvalue weighted by molar-refractivity contribution is -0.124. The van der Waals surface area contributed by atoms with Crippen LogP contribution in [-0.2, 0) is 11.3 Å². The Hall–Kier alpha value is -3.34. The largest absolute Gasteiger partial charge is 0.497 e. The number of aromatic nitrogens is 1. The van der Waals surface area contributed by atoms with Crippen molar-refractivity contribution >= 4 is 11.7 Å². The van der Waals surface area contributed by atoms with E-state index in [0.29, 0.717) is 17.8 Å². The summed E-state index contributed by atoms with van der Waals surface area (Å²) >= 11 is 0. The minimum absolute atomic E-state index is 0.104. The number of benzene rings is 2. The molecule has 0 fully saturated rings. The summed E-state index contributed by atoms with van der Waals surface area (Å²) in [5, 5.41) is 2.92. The van der Waals surface area contributed by atoms with Crippen LogP contribution in [0.3, 0.4) is 0 Å². The Balaban J connectivity index is 1.70. The van der Waals surface area contributed by atoms with Crippen molar-refractivity contribution in [3.63, 3.8) is 0 Å². The Bertz CT molecular complexity index is 931. The molecule has 27 heavy (non-hydrogen) atoms. The summed E-state index contributed by atoms with van der Waals surface area (Å²) in [4.78, 5) is 25.3. The first kappa shape index (κ1) is 18.5. The van der Waals surface area contributed by atoms with E-state index in [2.05, 4.69) is 5.32 Å². The van der Waals surface area contributed by atoms with Crippen LogP contribution in [0.2, 0.25) is 0 Å². The van der Waals surface area contributed by atoms with Gasteiger partial charge in [-0.2, -0.15) is 0 Å². The van der Waals surface area contributed by atoms with Crippen LogP contribution in [0.1, 0.15) is 34.6 Å². The molecule has 0 saturated carbocycles. The highest BCUT2D eigenvalue weighted by molar-refractivity contribution is 6.08. The topological polar surface area (TPSA) is 60.3 Å². The van der Waals surface area contributed by atoms with E-state index >= 15 is 0 Å². The van der Waals surface area contributed by atoms with E-state index in [0.717, 1.165) is 11.3 Å². The Morgan fingerprint density at radius 3 is 2.56 bits per heavy atom. The van der Waals surface area contributed by atoms with E-state index in [1.807, 2.05) is 42.5 Å². The van der Waals surface area contributed by atoms with Gasteiger partial charge in [-0.3, -0.25) is 9.59 Å². The van der Waals surface area contributed by atoms with Crippen LogP contribution in [0, 0.1) is 0 Å². The highest BCUT2D eigenvalue weighted by Crippen LogP contribution is 2.17. The van der Waals surface area contributed by atoms with Gasteiger partial charge in [0, 0.05) is 18.3 Å². The van der Waals surface area contributed by atoms with Crippen LogP contribution in [0.15, 0.2) is 72.9 Å². The Labute approximate surface area is 158 Å². The van der Waals surface area contributed by atoms with Gasteiger partial charge in [0.1, 0.15) is 11.8 Å². The van der Waals surface area contributed by atoms with Crippen molar-refractivity contribution in [2.75, 3.05) is 7.11 Å². The SMILES string of the molecule is COc1cccc(CNC(=O)[C@H](C)n2cccc2C(=O)c2ccccc2)c1. The normalized spacial score (nSPS) is 11.6. The molecule has 0 saturated heterocycles. The minimum atomic E-state index is -0.506. The van der Waals surface area contributed by atoms with Crippen molar-refractivity contribution in [1.29, 1.82) is 0 Å². The van der Waals surface area contributed by atoms with Gasteiger partial charge in [0.05, 0.1) is 12.8 Å². The molecule has 1 N–H and O–H groups in total. The lowest BCUT2D eigenvalue weighted by atomic mass is 10.1. The number of hydrogen-bond acceptors (Lipinski definition) is 3. The standard InChI is InChI=1S/C22H22N2O3/c1-16(22(26)23-15-17-8-6-11-19(14-17)27-2)24-13-7-12-20(24)21(25)18-9-4-3-5-10-18/h3-14,16H,15H2,1-2H3,(H,23,26)/t16-/m0/s1. The molecule has 3 rings (SSSR count). The molecule has 5 heteroatoms. The number of carbonyl (C=O) groups excluding carboxylic acids is 2. The third kappa shape index (κ3) is 4.26. The zero-order chi connectivity index (χ0) is 19.2. The number of hydrogen-bond donors (Lipinski definition) is 1. The van der Waals surface area contributed by atoms with Crippen LogP contribution in [0.5, 0.6) is 5.75 Å². The van der Waals surface area contributed by atoms with Crippen molar-refractivity contribution in [2.24, 2.45) is 0 Å². The maximum Gasteiger partial charge on any atom is 0.243 e. The molecule has 0 bridgehead atoms. The smallest absolute Gasteiger partial charge is 0.243 e. The minimum Gasteiger partial charge on any atom is -0.497 e. The van der Waals surface area contributed by atoms with Gasteiger partial charge in [-0.1, -0.05) is 42.5 Å². The third-order valence-electron chi connectivity index (χ3n) is 4.45. The zero-order valence-electron chi connectivity index (χ0n) is 15.4. The second-order valence-corrected chi connectivity index (χ2v) is 6.24. The molecule has 1 atom stereocenters. The van der Waals surface area contributed by atoms with Crippen molar-refractivity contribution in [1.82, 2.24) is 9.88 Å². The van der Waals surface area contributed by atoms with E-state index in [4.69, 9.17) is 4.74 Å². The Morgan fingerprint density at radius 1 is 1.04 bits per heavy atom. The molecule has 0 spiro atoms. The summed E-state index contributed by atoms with van der Waals surface area (Å²) < 4.78 is 6.90. The second-order valence-electron chi connectivity index (χ2n) is 6.24.